The van der Waals surface area contributed by atoms with Gasteiger partial charge in [0.1, 0.15) is 5.75 Å². The molecule has 2 aromatic carbocycles. The Kier molecular flexibility index (Phi) is 5.62. The molecule has 0 aliphatic heterocycles. The Labute approximate surface area is 130 Å². The van der Waals surface area contributed by atoms with Crippen molar-refractivity contribution < 1.29 is 9.84 Å². The van der Waals surface area contributed by atoms with Crippen molar-refractivity contribution in [1.82, 2.24) is 5.32 Å². The summed E-state index contributed by atoms with van der Waals surface area (Å²) in [5.41, 5.74) is 2.01. The van der Waals surface area contributed by atoms with Gasteiger partial charge in [0.05, 0.1) is 13.2 Å². The van der Waals surface area contributed by atoms with Crippen LogP contribution in [0.4, 0.5) is 0 Å². The number of rotatable bonds is 6. The van der Waals surface area contributed by atoms with Gasteiger partial charge in [0.25, 0.3) is 0 Å². The number of ether oxygens (including phenoxy) is 1. The number of methoxy groups -OCH3 is 1. The molecule has 3 nitrogen and oxygen atoms in total. The van der Waals surface area contributed by atoms with Gasteiger partial charge in [0.2, 0.25) is 0 Å². The summed E-state index contributed by atoms with van der Waals surface area (Å²) < 4.78 is 5.11. The second kappa shape index (κ2) is 7.46. The van der Waals surface area contributed by atoms with E-state index in [4.69, 9.17) is 16.3 Å². The number of nitrogens with one attached hydrogen (secondary N) is 1. The Balaban J connectivity index is 1.90. The quantitative estimate of drug-likeness (QED) is 0.854. The number of hydrogen-bond donors (Lipinski definition) is 2. The minimum atomic E-state index is -0.550. The molecule has 4 heteroatoms. The maximum atomic E-state index is 10.2. The lowest BCUT2D eigenvalue weighted by molar-refractivity contribution is 0.170. The van der Waals surface area contributed by atoms with Gasteiger partial charge in [0.15, 0.2) is 0 Å². The van der Waals surface area contributed by atoms with Gasteiger partial charge < -0.3 is 15.2 Å². The van der Waals surface area contributed by atoms with Gasteiger partial charge in [-0.05, 0) is 42.3 Å². The summed E-state index contributed by atoms with van der Waals surface area (Å²) in [5, 5.41) is 14.2. The van der Waals surface area contributed by atoms with Crippen LogP contribution in [0.25, 0.3) is 0 Å². The summed E-state index contributed by atoms with van der Waals surface area (Å²) in [6.45, 7) is 2.54. The Hall–Kier alpha value is -1.55. The number of aliphatic hydroxyl groups excluding tert-OH is 1. The van der Waals surface area contributed by atoms with Crippen LogP contribution >= 0.6 is 11.6 Å². The van der Waals surface area contributed by atoms with E-state index in [2.05, 4.69) is 12.2 Å². The topological polar surface area (TPSA) is 41.5 Å². The number of benzene rings is 2. The van der Waals surface area contributed by atoms with Crippen LogP contribution < -0.4 is 10.1 Å². The van der Waals surface area contributed by atoms with Crippen LogP contribution in [0.5, 0.6) is 5.75 Å². The van der Waals surface area contributed by atoms with E-state index in [1.165, 1.54) is 0 Å². The van der Waals surface area contributed by atoms with E-state index >= 15 is 0 Å². The molecule has 2 N–H and O–H groups in total. The maximum absolute atomic E-state index is 10.2. The third kappa shape index (κ3) is 4.46. The predicted molar refractivity (Wildman–Crippen MR) is 85.8 cm³/mol. The summed E-state index contributed by atoms with van der Waals surface area (Å²) in [6.07, 6.45) is -0.550. The lowest BCUT2D eigenvalue weighted by Crippen LogP contribution is -2.24. The van der Waals surface area contributed by atoms with E-state index in [1.807, 2.05) is 48.5 Å². The molecule has 0 amide bonds. The van der Waals surface area contributed by atoms with Crippen LogP contribution in [-0.4, -0.2) is 18.8 Å². The molecule has 0 saturated carbocycles. The third-order valence-corrected chi connectivity index (χ3v) is 3.74. The number of hydrogen-bond acceptors (Lipinski definition) is 3. The molecule has 0 fully saturated rings. The molecule has 0 spiro atoms. The average Bonchev–Trinajstić information content (AvgIpc) is 2.53. The molecule has 0 aliphatic carbocycles. The molecule has 0 heterocycles. The molecule has 0 aliphatic rings. The first-order valence-electron chi connectivity index (χ1n) is 6.91. The van der Waals surface area contributed by atoms with Crippen molar-refractivity contribution in [2.24, 2.45) is 0 Å². The number of halogens is 1. The largest absolute Gasteiger partial charge is 0.497 e. The highest BCUT2D eigenvalue weighted by Gasteiger charge is 2.10. The zero-order valence-corrected chi connectivity index (χ0v) is 13.0. The average molecular weight is 306 g/mol. The van der Waals surface area contributed by atoms with E-state index in [0.717, 1.165) is 21.9 Å². The van der Waals surface area contributed by atoms with E-state index in [9.17, 15) is 5.11 Å². The van der Waals surface area contributed by atoms with Crippen LogP contribution in [0.2, 0.25) is 5.02 Å². The Morgan fingerprint density at radius 3 is 2.19 bits per heavy atom. The second-order valence-corrected chi connectivity index (χ2v) is 5.41. The molecule has 2 atom stereocenters. The van der Waals surface area contributed by atoms with Crippen molar-refractivity contribution in [3.05, 3.63) is 64.7 Å². The highest BCUT2D eigenvalue weighted by molar-refractivity contribution is 6.30. The molecule has 2 rings (SSSR count). The molecule has 21 heavy (non-hydrogen) atoms. The summed E-state index contributed by atoms with van der Waals surface area (Å²) in [4.78, 5) is 0. The van der Waals surface area contributed by atoms with E-state index < -0.39 is 6.10 Å². The zero-order chi connectivity index (χ0) is 15.2. The molecule has 0 saturated heterocycles. The second-order valence-electron chi connectivity index (χ2n) is 4.97. The van der Waals surface area contributed by atoms with Crippen LogP contribution in [0, 0.1) is 0 Å². The Morgan fingerprint density at radius 2 is 1.62 bits per heavy atom. The van der Waals surface area contributed by atoms with Gasteiger partial charge in [-0.2, -0.15) is 0 Å². The Bertz CT molecular complexity index is 554. The zero-order valence-electron chi connectivity index (χ0n) is 12.2. The number of aliphatic hydroxyl groups is 1. The minimum Gasteiger partial charge on any atom is -0.497 e. The van der Waals surface area contributed by atoms with Crippen LogP contribution in [-0.2, 0) is 0 Å². The first-order chi connectivity index (χ1) is 10.1. The van der Waals surface area contributed by atoms with Gasteiger partial charge in [-0.15, -0.1) is 0 Å². The van der Waals surface area contributed by atoms with Gasteiger partial charge in [-0.25, -0.2) is 0 Å². The molecular formula is C17H20ClNO2. The lowest BCUT2D eigenvalue weighted by Gasteiger charge is -2.18. The molecule has 0 bridgehead atoms. The van der Waals surface area contributed by atoms with Crippen molar-refractivity contribution in [2.75, 3.05) is 13.7 Å². The standard InChI is InChI=1S/C17H20ClNO2/c1-12(13-3-7-15(18)8-4-13)19-11-17(20)14-5-9-16(21-2)10-6-14/h3-10,12,17,19-20H,11H2,1-2H3/t12-,17?/m1/s1. The summed E-state index contributed by atoms with van der Waals surface area (Å²) in [6, 6.07) is 15.3. The summed E-state index contributed by atoms with van der Waals surface area (Å²) in [5.74, 6) is 0.786. The van der Waals surface area contributed by atoms with Gasteiger partial charge >= 0.3 is 0 Å². The van der Waals surface area contributed by atoms with Gasteiger partial charge in [-0.1, -0.05) is 35.9 Å². The highest BCUT2D eigenvalue weighted by atomic mass is 35.5. The smallest absolute Gasteiger partial charge is 0.118 e. The third-order valence-electron chi connectivity index (χ3n) is 3.49. The predicted octanol–water partition coefficient (Wildman–Crippen LogP) is 3.73. The molecule has 1 unspecified atom stereocenters. The van der Waals surface area contributed by atoms with Crippen molar-refractivity contribution in [1.29, 1.82) is 0 Å². The molecule has 0 aromatic heterocycles. The van der Waals surface area contributed by atoms with E-state index in [-0.39, 0.29) is 6.04 Å². The monoisotopic (exact) mass is 305 g/mol. The van der Waals surface area contributed by atoms with Crippen molar-refractivity contribution in [2.45, 2.75) is 19.1 Å². The highest BCUT2D eigenvalue weighted by Crippen LogP contribution is 2.19. The van der Waals surface area contributed by atoms with Crippen molar-refractivity contribution in [3.63, 3.8) is 0 Å². The van der Waals surface area contributed by atoms with Crippen LogP contribution in [0.3, 0.4) is 0 Å². The van der Waals surface area contributed by atoms with Crippen LogP contribution in [0.15, 0.2) is 48.5 Å². The van der Waals surface area contributed by atoms with Gasteiger partial charge in [-0.3, -0.25) is 0 Å². The SMILES string of the molecule is COc1ccc(C(O)CN[C@H](C)c2ccc(Cl)cc2)cc1. The fraction of sp³-hybridized carbons (Fsp3) is 0.294. The maximum Gasteiger partial charge on any atom is 0.118 e. The normalized spacial score (nSPS) is 13.7. The molecule has 112 valence electrons. The Morgan fingerprint density at radius 1 is 1.05 bits per heavy atom. The first-order valence-corrected chi connectivity index (χ1v) is 7.29. The fourth-order valence-electron chi connectivity index (χ4n) is 2.10. The minimum absolute atomic E-state index is 0.148. The van der Waals surface area contributed by atoms with E-state index in [0.29, 0.717) is 6.54 Å². The molecule has 2 aromatic rings. The fourth-order valence-corrected chi connectivity index (χ4v) is 2.23. The molecule has 0 radical (unpaired) electrons. The molecular weight excluding hydrogens is 286 g/mol. The lowest BCUT2D eigenvalue weighted by atomic mass is 10.1. The van der Waals surface area contributed by atoms with Crippen molar-refractivity contribution in [3.8, 4) is 5.75 Å². The first kappa shape index (κ1) is 15.8. The summed E-state index contributed by atoms with van der Waals surface area (Å²) >= 11 is 5.88. The van der Waals surface area contributed by atoms with Gasteiger partial charge in [0, 0.05) is 17.6 Å². The van der Waals surface area contributed by atoms with E-state index in [1.54, 1.807) is 7.11 Å². The summed E-state index contributed by atoms with van der Waals surface area (Å²) in [7, 11) is 1.63. The van der Waals surface area contributed by atoms with Crippen LogP contribution in [0.1, 0.15) is 30.2 Å². The van der Waals surface area contributed by atoms with Crippen molar-refractivity contribution >= 4 is 11.6 Å².